The van der Waals surface area contributed by atoms with Crippen molar-refractivity contribution < 1.29 is 4.74 Å². The van der Waals surface area contributed by atoms with Crippen LogP contribution in [0.25, 0.3) is 0 Å². The van der Waals surface area contributed by atoms with Crippen LogP contribution in [0.3, 0.4) is 0 Å². The summed E-state index contributed by atoms with van der Waals surface area (Å²) in [4.78, 5) is 0. The first-order valence-electron chi connectivity index (χ1n) is 6.00. The molecule has 92 valence electrons. The third kappa shape index (κ3) is 3.68. The number of rotatable bonds is 3. The second-order valence-corrected chi connectivity index (χ2v) is 4.71. The van der Waals surface area contributed by atoms with E-state index in [1.807, 2.05) is 30.3 Å². The fourth-order valence-corrected chi connectivity index (χ4v) is 2.29. The van der Waals surface area contributed by atoms with Crippen LogP contribution in [0.2, 0.25) is 0 Å². The number of benzene rings is 1. The quantitative estimate of drug-likeness (QED) is 0.808. The summed E-state index contributed by atoms with van der Waals surface area (Å²) in [5.41, 5.74) is 1.00. The third-order valence-electron chi connectivity index (χ3n) is 2.91. The van der Waals surface area contributed by atoms with Crippen molar-refractivity contribution in [1.82, 2.24) is 5.32 Å². The number of nitrogens with one attached hydrogen (secondary N) is 2. The van der Waals surface area contributed by atoms with Crippen LogP contribution in [0.5, 0.6) is 0 Å². The highest BCUT2D eigenvalue weighted by Gasteiger charge is 2.22. The molecule has 3 nitrogen and oxygen atoms in total. The normalized spacial score (nSPS) is 20.9. The summed E-state index contributed by atoms with van der Waals surface area (Å²) >= 11 is 5.27. The number of hydrogen-bond donors (Lipinski definition) is 2. The van der Waals surface area contributed by atoms with Gasteiger partial charge in [0.05, 0.1) is 12.1 Å². The smallest absolute Gasteiger partial charge is 0.171 e. The van der Waals surface area contributed by atoms with E-state index in [2.05, 4.69) is 17.6 Å². The summed E-state index contributed by atoms with van der Waals surface area (Å²) in [5, 5.41) is 7.08. The summed E-state index contributed by atoms with van der Waals surface area (Å²) in [6.45, 7) is 2.98. The van der Waals surface area contributed by atoms with Gasteiger partial charge in [0, 0.05) is 12.3 Å². The van der Waals surface area contributed by atoms with Crippen LogP contribution in [0.15, 0.2) is 30.3 Å². The Morgan fingerprint density at radius 1 is 1.41 bits per heavy atom. The molecular weight excluding hydrogens is 232 g/mol. The molecule has 0 aromatic heterocycles. The van der Waals surface area contributed by atoms with Gasteiger partial charge in [-0.15, -0.1) is 0 Å². The average Bonchev–Trinajstić information content (AvgIpc) is 2.83. The van der Waals surface area contributed by atoms with Gasteiger partial charge in [-0.25, -0.2) is 0 Å². The van der Waals surface area contributed by atoms with Crippen LogP contribution in [0, 0.1) is 0 Å². The lowest BCUT2D eigenvalue weighted by molar-refractivity contribution is 0.0895. The molecule has 1 aliphatic rings. The summed E-state index contributed by atoms with van der Waals surface area (Å²) in [6, 6.07) is 10.2. The summed E-state index contributed by atoms with van der Waals surface area (Å²) < 4.78 is 5.62. The van der Waals surface area contributed by atoms with E-state index in [0.29, 0.717) is 5.11 Å². The van der Waals surface area contributed by atoms with Crippen molar-refractivity contribution in [1.29, 1.82) is 0 Å². The molecule has 0 amide bonds. The highest BCUT2D eigenvalue weighted by atomic mass is 32.1. The summed E-state index contributed by atoms with van der Waals surface area (Å²) in [5.74, 6) is 0. The molecule has 2 N–H and O–H groups in total. The molecule has 1 aromatic rings. The maximum Gasteiger partial charge on any atom is 0.171 e. The van der Waals surface area contributed by atoms with Gasteiger partial charge in [0.1, 0.15) is 0 Å². The molecule has 2 rings (SSSR count). The minimum absolute atomic E-state index is 0.251. The van der Waals surface area contributed by atoms with Crippen molar-refractivity contribution in [2.75, 3.05) is 11.9 Å². The first-order valence-corrected chi connectivity index (χ1v) is 6.41. The lowest BCUT2D eigenvalue weighted by Gasteiger charge is -2.21. The van der Waals surface area contributed by atoms with E-state index >= 15 is 0 Å². The van der Waals surface area contributed by atoms with Gasteiger partial charge < -0.3 is 15.4 Å². The molecular formula is C13H18N2OS. The van der Waals surface area contributed by atoms with Gasteiger partial charge in [0.25, 0.3) is 0 Å². The Morgan fingerprint density at radius 2 is 2.18 bits per heavy atom. The maximum atomic E-state index is 5.62. The largest absolute Gasteiger partial charge is 0.376 e. The van der Waals surface area contributed by atoms with Crippen molar-refractivity contribution >= 4 is 23.0 Å². The van der Waals surface area contributed by atoms with E-state index in [0.717, 1.165) is 25.1 Å². The molecule has 1 aromatic carbocycles. The molecule has 0 saturated carbocycles. The Hall–Kier alpha value is -1.13. The molecule has 2 atom stereocenters. The number of anilines is 1. The Morgan fingerprint density at radius 3 is 2.82 bits per heavy atom. The van der Waals surface area contributed by atoms with Gasteiger partial charge in [-0.2, -0.15) is 0 Å². The zero-order valence-corrected chi connectivity index (χ0v) is 10.8. The lowest BCUT2D eigenvalue weighted by atomic mass is 10.1. The van der Waals surface area contributed by atoms with Crippen molar-refractivity contribution in [3.05, 3.63) is 30.3 Å². The van der Waals surface area contributed by atoms with Crippen molar-refractivity contribution in [3.8, 4) is 0 Å². The summed E-state index contributed by atoms with van der Waals surface area (Å²) in [7, 11) is 0. The molecule has 0 radical (unpaired) electrons. The fourth-order valence-electron chi connectivity index (χ4n) is 1.99. The van der Waals surface area contributed by atoms with E-state index < -0.39 is 0 Å². The minimum Gasteiger partial charge on any atom is -0.376 e. The molecule has 2 unspecified atom stereocenters. The monoisotopic (exact) mass is 250 g/mol. The van der Waals surface area contributed by atoms with E-state index in [1.165, 1.54) is 0 Å². The van der Waals surface area contributed by atoms with E-state index in [9.17, 15) is 0 Å². The fraction of sp³-hybridized carbons (Fsp3) is 0.462. The molecule has 0 bridgehead atoms. The molecule has 1 heterocycles. The van der Waals surface area contributed by atoms with Crippen LogP contribution in [-0.4, -0.2) is 23.9 Å². The van der Waals surface area contributed by atoms with Gasteiger partial charge in [-0.05, 0) is 44.1 Å². The van der Waals surface area contributed by atoms with Crippen LogP contribution in [0.1, 0.15) is 19.8 Å². The van der Waals surface area contributed by atoms with E-state index in [-0.39, 0.29) is 12.1 Å². The Kier molecular flexibility index (Phi) is 4.34. The summed E-state index contributed by atoms with van der Waals surface area (Å²) in [6.07, 6.45) is 2.54. The zero-order chi connectivity index (χ0) is 12.1. The van der Waals surface area contributed by atoms with Crippen LogP contribution >= 0.6 is 12.2 Å². The van der Waals surface area contributed by atoms with Crippen molar-refractivity contribution in [2.24, 2.45) is 0 Å². The van der Waals surface area contributed by atoms with Gasteiger partial charge in [0.15, 0.2) is 5.11 Å². The molecule has 0 spiro atoms. The third-order valence-corrected chi connectivity index (χ3v) is 3.13. The van der Waals surface area contributed by atoms with Crippen molar-refractivity contribution in [2.45, 2.75) is 31.9 Å². The molecule has 1 saturated heterocycles. The van der Waals surface area contributed by atoms with E-state index in [1.54, 1.807) is 0 Å². The van der Waals surface area contributed by atoms with E-state index in [4.69, 9.17) is 17.0 Å². The highest BCUT2D eigenvalue weighted by Crippen LogP contribution is 2.15. The predicted molar refractivity (Wildman–Crippen MR) is 74.2 cm³/mol. The minimum atomic E-state index is 0.251. The number of hydrogen-bond acceptors (Lipinski definition) is 2. The molecule has 17 heavy (non-hydrogen) atoms. The zero-order valence-electron chi connectivity index (χ0n) is 9.98. The first-order chi connectivity index (χ1) is 8.25. The molecule has 1 aliphatic heterocycles. The standard InChI is InChI=1S/C13H18N2OS/c1-10(12-8-5-9-16-12)14-13(17)15-11-6-3-2-4-7-11/h2-4,6-7,10,12H,5,8-9H2,1H3,(H2,14,15,17). The van der Waals surface area contributed by atoms with Gasteiger partial charge in [-0.1, -0.05) is 18.2 Å². The molecule has 4 heteroatoms. The maximum absolute atomic E-state index is 5.62. The van der Waals surface area contributed by atoms with Gasteiger partial charge in [-0.3, -0.25) is 0 Å². The lowest BCUT2D eigenvalue weighted by Crippen LogP contribution is -2.42. The number of ether oxygens (including phenoxy) is 1. The SMILES string of the molecule is CC(NC(=S)Nc1ccccc1)C1CCCO1. The Labute approximate surface area is 108 Å². The number of thiocarbonyl (C=S) groups is 1. The molecule has 1 fully saturated rings. The van der Waals surface area contributed by atoms with Crippen LogP contribution in [0.4, 0.5) is 5.69 Å². The second kappa shape index (κ2) is 5.98. The Balaban J connectivity index is 1.80. The first kappa shape index (κ1) is 12.3. The van der Waals surface area contributed by atoms with Crippen LogP contribution < -0.4 is 10.6 Å². The topological polar surface area (TPSA) is 33.3 Å². The van der Waals surface area contributed by atoms with Gasteiger partial charge in [0.2, 0.25) is 0 Å². The Bertz CT molecular complexity index is 363. The average molecular weight is 250 g/mol. The second-order valence-electron chi connectivity index (χ2n) is 4.30. The van der Waals surface area contributed by atoms with Gasteiger partial charge >= 0.3 is 0 Å². The van der Waals surface area contributed by atoms with Crippen LogP contribution in [-0.2, 0) is 4.74 Å². The predicted octanol–water partition coefficient (Wildman–Crippen LogP) is 2.54. The molecule has 0 aliphatic carbocycles. The highest BCUT2D eigenvalue weighted by molar-refractivity contribution is 7.80. The number of para-hydroxylation sites is 1. The van der Waals surface area contributed by atoms with Crippen molar-refractivity contribution in [3.63, 3.8) is 0 Å².